The molecule has 5 saturated carbocycles. The van der Waals surface area contributed by atoms with Gasteiger partial charge in [0.2, 0.25) is 0 Å². The van der Waals surface area contributed by atoms with E-state index >= 15 is 0 Å². The normalized spacial score (nSPS) is 68.7. The fourth-order valence-corrected chi connectivity index (χ4v) is 10.1. The van der Waals surface area contributed by atoms with Gasteiger partial charge in [-0.3, -0.25) is 0 Å². The van der Waals surface area contributed by atoms with Crippen LogP contribution in [-0.2, 0) is 9.47 Å². The second kappa shape index (κ2) is 4.59. The highest BCUT2D eigenvalue weighted by molar-refractivity contribution is 5.28. The molecule has 5 aliphatic carbocycles. The van der Waals surface area contributed by atoms with Crippen LogP contribution in [0, 0.1) is 34.0 Å². The van der Waals surface area contributed by atoms with E-state index in [4.69, 9.17) is 9.47 Å². The summed E-state index contributed by atoms with van der Waals surface area (Å²) in [6, 6.07) is 0. The number of fused-ring (bicyclic) bond motifs is 4. The number of aliphatic hydroxyl groups excluding tert-OH is 1. The summed E-state index contributed by atoms with van der Waals surface area (Å²) < 4.78 is 13.2. The lowest BCUT2D eigenvalue weighted by atomic mass is 9.31. The molecule has 7 bridgehead atoms. The Morgan fingerprint density at radius 2 is 1.85 bits per heavy atom. The van der Waals surface area contributed by atoms with Gasteiger partial charge in [-0.15, -0.1) is 0 Å². The molecule has 4 heterocycles. The van der Waals surface area contributed by atoms with E-state index in [1.54, 1.807) is 0 Å². The second-order valence-electron chi connectivity index (χ2n) is 11.5. The monoisotopic (exact) mass is 375 g/mol. The van der Waals surface area contributed by atoms with Crippen molar-refractivity contribution in [2.24, 2.45) is 34.0 Å². The standard InChI is InChI=1S/C22H33NO4/c1-19-5-3-6-21-13(19)11-15(27-18(21)23-8-9-26-17(19)23)22-7-4-12(10-14(21)22)20(2,25)16(22)24/h12-18,24-25H,3-11H2,1-2H3/t12-,13+,14-,15+,16-,17-,18?,19+,20-,21-,22+/m0/s1. The maximum atomic E-state index is 11.5. The van der Waals surface area contributed by atoms with E-state index in [-0.39, 0.29) is 40.7 Å². The van der Waals surface area contributed by atoms with Crippen LogP contribution in [0.2, 0.25) is 0 Å². The Morgan fingerprint density at radius 1 is 1.00 bits per heavy atom. The Hall–Kier alpha value is -0.200. The Morgan fingerprint density at radius 3 is 2.70 bits per heavy atom. The summed E-state index contributed by atoms with van der Waals surface area (Å²) in [5, 5.41) is 22.7. The zero-order valence-electron chi connectivity index (χ0n) is 16.6. The SMILES string of the molecule is C[C@]1(O)[C@H]2CC[C@@]3([C@H]4C[C@@H]5[C@@]6(C)CCC[C@@]5(C(O4)N4CCO[C@H]46)[C@@H]3C2)[C@H]1O. The molecule has 5 nitrogen and oxygen atoms in total. The lowest BCUT2D eigenvalue weighted by molar-refractivity contribution is -0.439. The van der Waals surface area contributed by atoms with Crippen LogP contribution < -0.4 is 0 Å². The highest BCUT2D eigenvalue weighted by Gasteiger charge is 2.82. The Bertz CT molecular complexity index is 712. The van der Waals surface area contributed by atoms with Crippen molar-refractivity contribution < 1.29 is 19.7 Å². The van der Waals surface area contributed by atoms with Gasteiger partial charge in [-0.05, 0) is 63.2 Å². The summed E-state index contributed by atoms with van der Waals surface area (Å²) in [5.41, 5.74) is -0.851. The Balaban J connectivity index is 1.44. The summed E-state index contributed by atoms with van der Waals surface area (Å²) >= 11 is 0. The minimum atomic E-state index is -0.960. The zero-order chi connectivity index (χ0) is 18.4. The number of hydrogen-bond donors (Lipinski definition) is 2. The molecule has 2 N–H and O–H groups in total. The summed E-state index contributed by atoms with van der Waals surface area (Å²) in [6.45, 7) is 6.17. The van der Waals surface area contributed by atoms with E-state index in [1.165, 1.54) is 19.3 Å². The molecule has 150 valence electrons. The molecule has 27 heavy (non-hydrogen) atoms. The van der Waals surface area contributed by atoms with Crippen molar-refractivity contribution in [3.63, 3.8) is 0 Å². The average Bonchev–Trinajstić information content (AvgIpc) is 3.14. The first-order valence-electron chi connectivity index (χ1n) is 11.3. The first kappa shape index (κ1) is 16.6. The van der Waals surface area contributed by atoms with Gasteiger partial charge in [0.15, 0.2) is 0 Å². The molecule has 4 aliphatic heterocycles. The third kappa shape index (κ3) is 1.47. The topological polar surface area (TPSA) is 62.2 Å². The van der Waals surface area contributed by atoms with E-state index in [1.807, 2.05) is 6.92 Å². The number of hydrogen-bond acceptors (Lipinski definition) is 5. The summed E-state index contributed by atoms with van der Waals surface area (Å²) in [5.74, 6) is 1.35. The third-order valence-electron chi connectivity index (χ3n) is 11.0. The average molecular weight is 376 g/mol. The molecule has 0 aromatic rings. The van der Waals surface area contributed by atoms with Gasteiger partial charge in [0.05, 0.1) is 24.4 Å². The van der Waals surface area contributed by atoms with E-state index in [0.717, 1.165) is 38.8 Å². The number of nitrogens with zero attached hydrogens (tertiary/aromatic N) is 1. The quantitative estimate of drug-likeness (QED) is 0.679. The Kier molecular flexibility index (Phi) is 2.82. The van der Waals surface area contributed by atoms with Crippen molar-refractivity contribution >= 4 is 0 Å². The van der Waals surface area contributed by atoms with Gasteiger partial charge >= 0.3 is 0 Å². The van der Waals surface area contributed by atoms with Crippen LogP contribution in [-0.4, -0.2) is 58.5 Å². The fraction of sp³-hybridized carbons (Fsp3) is 1.00. The fourth-order valence-electron chi connectivity index (χ4n) is 10.1. The van der Waals surface area contributed by atoms with Crippen LogP contribution in [0.1, 0.15) is 58.8 Å². The Labute approximate surface area is 161 Å². The highest BCUT2D eigenvalue weighted by atomic mass is 16.6. The first-order chi connectivity index (χ1) is 12.9. The zero-order valence-corrected chi connectivity index (χ0v) is 16.6. The third-order valence-corrected chi connectivity index (χ3v) is 11.0. The van der Waals surface area contributed by atoms with Crippen LogP contribution >= 0.6 is 0 Å². The minimum Gasteiger partial charge on any atom is -0.389 e. The molecule has 4 saturated heterocycles. The molecule has 0 aromatic carbocycles. The predicted molar refractivity (Wildman–Crippen MR) is 97.5 cm³/mol. The van der Waals surface area contributed by atoms with Gasteiger partial charge in [0.1, 0.15) is 12.5 Å². The molecule has 5 heteroatoms. The summed E-state index contributed by atoms with van der Waals surface area (Å²) in [4.78, 5) is 2.56. The number of ether oxygens (including phenoxy) is 2. The lowest BCUT2D eigenvalue weighted by Gasteiger charge is -2.81. The maximum Gasteiger partial charge on any atom is 0.119 e. The molecule has 0 amide bonds. The molecule has 9 fully saturated rings. The van der Waals surface area contributed by atoms with Crippen LogP contribution in [0.15, 0.2) is 0 Å². The maximum absolute atomic E-state index is 11.5. The second-order valence-corrected chi connectivity index (χ2v) is 11.5. The van der Waals surface area contributed by atoms with Crippen molar-refractivity contribution in [1.29, 1.82) is 0 Å². The van der Waals surface area contributed by atoms with E-state index < -0.39 is 11.7 Å². The van der Waals surface area contributed by atoms with Gasteiger partial charge in [-0.25, -0.2) is 4.90 Å². The summed E-state index contributed by atoms with van der Waals surface area (Å²) in [6.07, 6.45) is 7.73. The number of rotatable bonds is 0. The smallest absolute Gasteiger partial charge is 0.119 e. The van der Waals surface area contributed by atoms with Gasteiger partial charge in [-0.2, -0.15) is 0 Å². The highest BCUT2D eigenvalue weighted by Crippen LogP contribution is 2.79. The van der Waals surface area contributed by atoms with E-state index in [9.17, 15) is 10.2 Å². The van der Waals surface area contributed by atoms with Crippen LogP contribution in [0.25, 0.3) is 0 Å². The van der Waals surface area contributed by atoms with Gasteiger partial charge in [0.25, 0.3) is 0 Å². The van der Waals surface area contributed by atoms with Crippen molar-refractivity contribution in [3.8, 4) is 0 Å². The lowest BCUT2D eigenvalue weighted by Crippen LogP contribution is -2.85. The van der Waals surface area contributed by atoms with Crippen molar-refractivity contribution in [1.82, 2.24) is 4.90 Å². The van der Waals surface area contributed by atoms with Crippen molar-refractivity contribution in [2.75, 3.05) is 13.2 Å². The molecule has 0 aromatic heterocycles. The molecule has 9 rings (SSSR count). The largest absolute Gasteiger partial charge is 0.389 e. The first-order valence-corrected chi connectivity index (χ1v) is 11.3. The molecule has 9 aliphatic rings. The van der Waals surface area contributed by atoms with Crippen LogP contribution in [0.4, 0.5) is 0 Å². The number of piperidine rings is 1. The van der Waals surface area contributed by atoms with E-state index in [0.29, 0.717) is 11.8 Å². The van der Waals surface area contributed by atoms with Crippen molar-refractivity contribution in [2.45, 2.75) is 89.1 Å². The number of aliphatic hydroxyl groups is 2. The summed E-state index contributed by atoms with van der Waals surface area (Å²) in [7, 11) is 0. The van der Waals surface area contributed by atoms with Gasteiger partial charge in [-0.1, -0.05) is 13.3 Å². The van der Waals surface area contributed by atoms with Crippen LogP contribution in [0.5, 0.6) is 0 Å². The molecule has 2 spiro atoms. The van der Waals surface area contributed by atoms with Gasteiger partial charge < -0.3 is 19.7 Å². The van der Waals surface area contributed by atoms with E-state index in [2.05, 4.69) is 11.8 Å². The molecule has 1 unspecified atom stereocenters. The molecule has 11 atom stereocenters. The van der Waals surface area contributed by atoms with Gasteiger partial charge in [0, 0.05) is 22.8 Å². The molecular weight excluding hydrogens is 342 g/mol. The van der Waals surface area contributed by atoms with Crippen LogP contribution in [0.3, 0.4) is 0 Å². The van der Waals surface area contributed by atoms with Crippen molar-refractivity contribution in [3.05, 3.63) is 0 Å². The predicted octanol–water partition coefficient (Wildman–Crippen LogP) is 2.11. The minimum absolute atomic E-state index is 0.0843. The molecular formula is C22H33NO4. The molecule has 0 radical (unpaired) electrons.